The van der Waals surface area contributed by atoms with Crippen LogP contribution in [0.2, 0.25) is 0 Å². The van der Waals surface area contributed by atoms with Crippen LogP contribution in [0.15, 0.2) is 30.9 Å². The molecule has 8 heteroatoms. The summed E-state index contributed by atoms with van der Waals surface area (Å²) in [6.45, 7) is 4.01. The molecule has 0 radical (unpaired) electrons. The first-order valence-corrected chi connectivity index (χ1v) is 11.0. The van der Waals surface area contributed by atoms with E-state index in [1.165, 1.54) is 11.0 Å². The van der Waals surface area contributed by atoms with Crippen LogP contribution in [-0.4, -0.2) is 62.4 Å². The summed E-state index contributed by atoms with van der Waals surface area (Å²) in [6.07, 6.45) is 2.67. The molecule has 2 amide bonds. The topological polar surface area (TPSA) is 74.8 Å². The number of rotatable bonds is 4. The lowest BCUT2D eigenvalue weighted by atomic mass is 9.98. The van der Waals surface area contributed by atoms with Gasteiger partial charge in [-0.05, 0) is 42.7 Å². The minimum Gasteiger partial charge on any atom is -0.332 e. The van der Waals surface area contributed by atoms with E-state index in [0.29, 0.717) is 12.1 Å². The van der Waals surface area contributed by atoms with Crippen molar-refractivity contribution in [2.75, 3.05) is 30.0 Å². The van der Waals surface area contributed by atoms with E-state index in [1.807, 2.05) is 0 Å². The number of benzene rings is 1. The molecule has 2 aliphatic rings. The van der Waals surface area contributed by atoms with Gasteiger partial charge in [0.2, 0.25) is 5.91 Å². The van der Waals surface area contributed by atoms with E-state index in [0.717, 1.165) is 30.3 Å². The molecule has 0 N–H and O–H groups in total. The first-order valence-electron chi connectivity index (χ1n) is 8.89. The lowest BCUT2D eigenvalue weighted by molar-refractivity contribution is -0.114. The Morgan fingerprint density at radius 2 is 2.11 bits per heavy atom. The predicted molar refractivity (Wildman–Crippen MR) is 101 cm³/mol. The number of amides is 2. The molecule has 1 fully saturated rings. The first-order chi connectivity index (χ1) is 12.7. The van der Waals surface area contributed by atoms with Crippen molar-refractivity contribution in [3.8, 4) is 0 Å². The van der Waals surface area contributed by atoms with Crippen molar-refractivity contribution in [3.05, 3.63) is 42.0 Å². The molecule has 2 heterocycles. The lowest BCUT2D eigenvalue weighted by Crippen LogP contribution is -2.40. The van der Waals surface area contributed by atoms with E-state index in [2.05, 4.69) is 6.58 Å². The summed E-state index contributed by atoms with van der Waals surface area (Å²) in [7, 11) is -3.33. The summed E-state index contributed by atoms with van der Waals surface area (Å²) in [5, 5.41) is 0. The third-order valence-electron chi connectivity index (χ3n) is 5.01. The van der Waals surface area contributed by atoms with Crippen LogP contribution < -0.4 is 4.90 Å². The van der Waals surface area contributed by atoms with Crippen LogP contribution in [0.5, 0.6) is 0 Å². The van der Waals surface area contributed by atoms with E-state index in [9.17, 15) is 22.4 Å². The van der Waals surface area contributed by atoms with Gasteiger partial charge in [-0.2, -0.15) is 0 Å². The van der Waals surface area contributed by atoms with Gasteiger partial charge in [-0.1, -0.05) is 6.58 Å². The van der Waals surface area contributed by atoms with Crippen LogP contribution in [0, 0.1) is 0 Å². The summed E-state index contributed by atoms with van der Waals surface area (Å²) >= 11 is 0. The molecule has 6 nitrogen and oxygen atoms in total. The summed E-state index contributed by atoms with van der Waals surface area (Å²) in [4.78, 5) is 27.9. The van der Waals surface area contributed by atoms with Gasteiger partial charge in [0, 0.05) is 36.5 Å². The number of hydrogen-bond donors (Lipinski definition) is 0. The number of nitrogens with zero attached hydrogens (tertiary/aromatic N) is 2. The summed E-state index contributed by atoms with van der Waals surface area (Å²) in [6, 6.07) is 4.40. The smallest absolute Gasteiger partial charge is 0.254 e. The Labute approximate surface area is 158 Å². The first kappa shape index (κ1) is 19.5. The van der Waals surface area contributed by atoms with Crippen LogP contribution in [0.4, 0.5) is 10.1 Å². The predicted octanol–water partition coefficient (Wildman–Crippen LogP) is 1.75. The normalized spacial score (nSPS) is 22.4. The second-order valence-electron chi connectivity index (χ2n) is 7.18. The fourth-order valence-corrected chi connectivity index (χ4v) is 4.87. The number of fused-ring (bicyclic) bond motifs is 1. The van der Waals surface area contributed by atoms with Gasteiger partial charge in [-0.3, -0.25) is 9.59 Å². The average molecular weight is 394 g/mol. The average Bonchev–Trinajstić information content (AvgIpc) is 2.97. The van der Waals surface area contributed by atoms with E-state index in [-0.39, 0.29) is 30.5 Å². The molecule has 2 aliphatic heterocycles. The molecule has 0 saturated carbocycles. The highest BCUT2D eigenvalue weighted by molar-refractivity contribution is 7.90. The lowest BCUT2D eigenvalue weighted by Gasteiger charge is -2.29. The van der Waals surface area contributed by atoms with Crippen LogP contribution in [0.3, 0.4) is 0 Å². The molecule has 1 aromatic rings. The number of sulfone groups is 1. The van der Waals surface area contributed by atoms with Crippen molar-refractivity contribution in [3.63, 3.8) is 0 Å². The maximum atomic E-state index is 13.9. The standard InChI is InChI=1S/C19H23FN2O4S/c1-3-18(23)21-8-4-5-13-9-14(6-7-17(13)21)19(24)22-11-15(20)10-16(22)12-27(2,25)26/h3,6-7,9,15-16H,1,4-5,8,10-12H2,2H3/t15-,16-/m0/s1. The molecule has 1 aromatic carbocycles. The Bertz CT molecular complexity index is 884. The summed E-state index contributed by atoms with van der Waals surface area (Å²) in [5.74, 6) is -0.812. The molecule has 0 aromatic heterocycles. The Kier molecular flexibility index (Phi) is 5.37. The summed E-state index contributed by atoms with van der Waals surface area (Å²) in [5.41, 5.74) is 2.01. The highest BCUT2D eigenvalue weighted by Crippen LogP contribution is 2.30. The molecular formula is C19H23FN2O4S. The maximum Gasteiger partial charge on any atom is 0.254 e. The number of hydrogen-bond acceptors (Lipinski definition) is 4. The van der Waals surface area contributed by atoms with Crippen LogP contribution in [0.1, 0.15) is 28.8 Å². The number of carbonyl (C=O) groups excluding carboxylic acids is 2. The van der Waals surface area contributed by atoms with Crippen LogP contribution in [0.25, 0.3) is 0 Å². The van der Waals surface area contributed by atoms with Crippen molar-refractivity contribution in [2.24, 2.45) is 0 Å². The maximum absolute atomic E-state index is 13.9. The number of likely N-dealkylation sites (tertiary alicyclic amines) is 1. The van der Waals surface area contributed by atoms with Gasteiger partial charge in [-0.25, -0.2) is 12.8 Å². The second-order valence-corrected chi connectivity index (χ2v) is 9.36. The molecular weight excluding hydrogens is 371 g/mol. The largest absolute Gasteiger partial charge is 0.332 e. The molecule has 146 valence electrons. The van der Waals surface area contributed by atoms with E-state index in [1.54, 1.807) is 23.1 Å². The van der Waals surface area contributed by atoms with E-state index < -0.39 is 22.1 Å². The van der Waals surface area contributed by atoms with Gasteiger partial charge in [0.15, 0.2) is 0 Å². The van der Waals surface area contributed by atoms with Crippen LogP contribution in [-0.2, 0) is 21.1 Å². The Balaban J connectivity index is 1.87. The number of carbonyl (C=O) groups is 2. The zero-order chi connectivity index (χ0) is 19.8. The minimum atomic E-state index is -3.33. The Morgan fingerprint density at radius 1 is 1.37 bits per heavy atom. The fourth-order valence-electron chi connectivity index (χ4n) is 3.85. The zero-order valence-electron chi connectivity index (χ0n) is 15.2. The van der Waals surface area contributed by atoms with Crippen LogP contribution >= 0.6 is 0 Å². The Hall–Kier alpha value is -2.22. The van der Waals surface area contributed by atoms with Crippen molar-refractivity contribution >= 4 is 27.3 Å². The number of alkyl halides is 1. The van der Waals surface area contributed by atoms with Crippen molar-refractivity contribution in [1.29, 1.82) is 0 Å². The fraction of sp³-hybridized carbons (Fsp3) is 0.474. The third kappa shape index (κ3) is 4.21. The van der Waals surface area contributed by atoms with E-state index >= 15 is 0 Å². The molecule has 0 aliphatic carbocycles. The quantitative estimate of drug-likeness (QED) is 0.729. The highest BCUT2D eigenvalue weighted by atomic mass is 32.2. The number of halogens is 1. The Morgan fingerprint density at radius 3 is 2.78 bits per heavy atom. The minimum absolute atomic E-state index is 0.0331. The molecule has 3 rings (SSSR count). The second kappa shape index (κ2) is 7.42. The zero-order valence-corrected chi connectivity index (χ0v) is 16.0. The van der Waals surface area contributed by atoms with E-state index in [4.69, 9.17) is 0 Å². The number of anilines is 1. The van der Waals surface area contributed by atoms with Crippen molar-refractivity contribution in [1.82, 2.24) is 4.90 Å². The SMILES string of the molecule is C=CC(=O)N1CCCc2cc(C(=O)N3C[C@@H](F)C[C@H]3CS(C)(=O)=O)ccc21. The number of aryl methyl sites for hydroxylation is 1. The third-order valence-corrected chi connectivity index (χ3v) is 6.00. The van der Waals surface area contributed by atoms with Gasteiger partial charge >= 0.3 is 0 Å². The summed E-state index contributed by atoms with van der Waals surface area (Å²) < 4.78 is 37.1. The molecule has 2 atom stereocenters. The molecule has 0 unspecified atom stereocenters. The highest BCUT2D eigenvalue weighted by Gasteiger charge is 2.37. The van der Waals surface area contributed by atoms with Gasteiger partial charge in [0.25, 0.3) is 5.91 Å². The molecule has 27 heavy (non-hydrogen) atoms. The van der Waals surface area contributed by atoms with Gasteiger partial charge in [0.1, 0.15) is 16.0 Å². The van der Waals surface area contributed by atoms with Gasteiger partial charge < -0.3 is 9.80 Å². The van der Waals surface area contributed by atoms with Crippen molar-refractivity contribution < 1.29 is 22.4 Å². The van der Waals surface area contributed by atoms with Gasteiger partial charge in [-0.15, -0.1) is 0 Å². The molecule has 1 saturated heterocycles. The molecule has 0 spiro atoms. The molecule has 0 bridgehead atoms. The monoisotopic (exact) mass is 394 g/mol. The van der Waals surface area contributed by atoms with Crippen molar-refractivity contribution in [2.45, 2.75) is 31.5 Å². The van der Waals surface area contributed by atoms with Gasteiger partial charge in [0.05, 0.1) is 12.3 Å².